The predicted octanol–water partition coefficient (Wildman–Crippen LogP) is 4.17. The first-order valence-electron chi connectivity index (χ1n) is 8.93. The van der Waals surface area contributed by atoms with Crippen molar-refractivity contribution >= 4 is 39.1 Å². The fraction of sp³-hybridized carbons (Fsp3) is 0.200. The van der Waals surface area contributed by atoms with Crippen LogP contribution in [0.25, 0.3) is 21.0 Å². The molecule has 2 aromatic heterocycles. The highest BCUT2D eigenvalue weighted by atomic mass is 35.5. The largest absolute Gasteiger partial charge is 0.329 e. The lowest BCUT2D eigenvalue weighted by Crippen LogP contribution is -2.38. The molecule has 0 aliphatic carbocycles. The summed E-state index contributed by atoms with van der Waals surface area (Å²) in [4.78, 5) is 19.3. The molecule has 28 heavy (non-hydrogen) atoms. The number of fused-ring (bicyclic) bond motifs is 2. The first-order chi connectivity index (χ1) is 13.6. The number of halogens is 1. The minimum atomic E-state index is -0.0249. The van der Waals surface area contributed by atoms with Gasteiger partial charge >= 0.3 is 0 Å². The third-order valence-corrected chi connectivity index (χ3v) is 6.39. The number of rotatable bonds is 2. The number of benzene rings is 2. The van der Waals surface area contributed by atoms with Gasteiger partial charge in [-0.2, -0.15) is 0 Å². The van der Waals surface area contributed by atoms with Gasteiger partial charge in [-0.25, -0.2) is 4.98 Å². The lowest BCUT2D eigenvalue weighted by molar-refractivity contribution is 0.0708. The predicted molar refractivity (Wildman–Crippen MR) is 110 cm³/mol. The average Bonchev–Trinajstić information content (AvgIpc) is 3.32. The van der Waals surface area contributed by atoms with E-state index in [0.717, 1.165) is 22.2 Å². The van der Waals surface area contributed by atoms with Crippen LogP contribution in [0.1, 0.15) is 21.7 Å². The molecule has 0 atom stereocenters. The maximum atomic E-state index is 12.8. The van der Waals surface area contributed by atoms with Crippen LogP contribution < -0.4 is 0 Å². The molecule has 1 aliphatic heterocycles. The maximum Gasteiger partial charge on any atom is 0.254 e. The molecule has 1 aliphatic rings. The number of hydrogen-bond donors (Lipinski definition) is 0. The molecule has 0 radical (unpaired) electrons. The summed E-state index contributed by atoms with van der Waals surface area (Å²) in [7, 11) is 0. The average molecular weight is 410 g/mol. The van der Waals surface area contributed by atoms with E-state index in [2.05, 4.69) is 27.8 Å². The van der Waals surface area contributed by atoms with Gasteiger partial charge in [0.15, 0.2) is 16.7 Å². The van der Waals surface area contributed by atoms with E-state index in [1.54, 1.807) is 40.5 Å². The Balaban J connectivity index is 1.44. The Bertz CT molecular complexity index is 1200. The SMILES string of the molecule is Cc1cccc2nc(-c3nnc4n3CCN(C(=O)c3ccc(Cl)cc3)C4)sc12. The fourth-order valence-electron chi connectivity index (χ4n) is 3.45. The van der Waals surface area contributed by atoms with E-state index in [-0.39, 0.29) is 5.91 Å². The quantitative estimate of drug-likeness (QED) is 0.498. The van der Waals surface area contributed by atoms with Crippen LogP contribution in [0.15, 0.2) is 42.5 Å². The van der Waals surface area contributed by atoms with E-state index in [0.29, 0.717) is 30.2 Å². The van der Waals surface area contributed by atoms with Crippen molar-refractivity contribution in [3.8, 4) is 10.8 Å². The van der Waals surface area contributed by atoms with Crippen molar-refractivity contribution < 1.29 is 4.79 Å². The molecule has 8 heteroatoms. The Labute approximate surface area is 170 Å². The molecule has 140 valence electrons. The van der Waals surface area contributed by atoms with E-state index in [4.69, 9.17) is 16.6 Å². The molecular formula is C20H16ClN5OS. The van der Waals surface area contributed by atoms with E-state index in [1.165, 1.54) is 10.3 Å². The summed E-state index contributed by atoms with van der Waals surface area (Å²) in [5.74, 6) is 1.52. The Kier molecular flexibility index (Phi) is 4.14. The highest BCUT2D eigenvalue weighted by Crippen LogP contribution is 2.32. The molecule has 0 saturated heterocycles. The summed E-state index contributed by atoms with van der Waals surface area (Å²) in [6, 6.07) is 13.1. The van der Waals surface area contributed by atoms with Crippen molar-refractivity contribution in [1.29, 1.82) is 0 Å². The zero-order valence-corrected chi connectivity index (χ0v) is 16.7. The number of hydrogen-bond acceptors (Lipinski definition) is 5. The highest BCUT2D eigenvalue weighted by Gasteiger charge is 2.26. The Hall–Kier alpha value is -2.77. The van der Waals surface area contributed by atoms with Gasteiger partial charge in [-0.05, 0) is 42.8 Å². The molecule has 0 spiro atoms. The monoisotopic (exact) mass is 409 g/mol. The van der Waals surface area contributed by atoms with Crippen LogP contribution >= 0.6 is 22.9 Å². The van der Waals surface area contributed by atoms with Gasteiger partial charge in [0.1, 0.15) is 0 Å². The molecule has 0 saturated carbocycles. The summed E-state index contributed by atoms with van der Waals surface area (Å²) in [5.41, 5.74) is 2.81. The zero-order chi connectivity index (χ0) is 19.3. The standard InChI is InChI=1S/C20H16ClN5OS/c1-12-3-2-4-15-17(12)28-19(22-15)18-24-23-16-11-25(9-10-26(16)18)20(27)13-5-7-14(21)8-6-13/h2-8H,9-11H2,1H3. The van der Waals surface area contributed by atoms with E-state index >= 15 is 0 Å². The molecule has 4 aromatic rings. The van der Waals surface area contributed by atoms with Gasteiger partial charge in [0, 0.05) is 23.7 Å². The molecular weight excluding hydrogens is 394 g/mol. The number of nitrogens with zero attached hydrogens (tertiary/aromatic N) is 5. The second-order valence-electron chi connectivity index (χ2n) is 6.77. The van der Waals surface area contributed by atoms with Gasteiger partial charge < -0.3 is 9.47 Å². The van der Waals surface area contributed by atoms with Gasteiger partial charge in [-0.3, -0.25) is 4.79 Å². The van der Waals surface area contributed by atoms with E-state index < -0.39 is 0 Å². The minimum Gasteiger partial charge on any atom is -0.329 e. The second-order valence-corrected chi connectivity index (χ2v) is 8.20. The molecule has 0 bridgehead atoms. The van der Waals surface area contributed by atoms with Crippen LogP contribution in [0.5, 0.6) is 0 Å². The summed E-state index contributed by atoms with van der Waals surface area (Å²) < 4.78 is 3.24. The fourth-order valence-corrected chi connectivity index (χ4v) is 4.60. The Morgan fingerprint density at radius 3 is 2.71 bits per heavy atom. The molecule has 6 nitrogen and oxygen atoms in total. The van der Waals surface area contributed by atoms with Crippen LogP contribution in [0.2, 0.25) is 5.02 Å². The van der Waals surface area contributed by atoms with Crippen LogP contribution in [0.4, 0.5) is 0 Å². The van der Waals surface area contributed by atoms with Gasteiger partial charge in [0.05, 0.1) is 16.8 Å². The molecule has 0 fully saturated rings. The molecule has 0 unspecified atom stereocenters. The van der Waals surface area contributed by atoms with Crippen LogP contribution in [0.3, 0.4) is 0 Å². The van der Waals surface area contributed by atoms with Gasteiger partial charge in [0.25, 0.3) is 5.91 Å². The van der Waals surface area contributed by atoms with Gasteiger partial charge in [0.2, 0.25) is 0 Å². The number of aryl methyl sites for hydroxylation is 1. The first-order valence-corrected chi connectivity index (χ1v) is 10.1. The van der Waals surface area contributed by atoms with Crippen molar-refractivity contribution in [2.45, 2.75) is 20.0 Å². The summed E-state index contributed by atoms with van der Waals surface area (Å²) in [6.45, 7) is 3.76. The van der Waals surface area contributed by atoms with Gasteiger partial charge in [-0.1, -0.05) is 23.7 Å². The van der Waals surface area contributed by atoms with Gasteiger partial charge in [-0.15, -0.1) is 21.5 Å². The third-order valence-electron chi connectivity index (χ3n) is 4.93. The van der Waals surface area contributed by atoms with E-state index in [1.807, 2.05) is 12.1 Å². The van der Waals surface area contributed by atoms with Crippen LogP contribution in [0, 0.1) is 6.92 Å². The van der Waals surface area contributed by atoms with Crippen molar-refractivity contribution in [2.75, 3.05) is 6.54 Å². The van der Waals surface area contributed by atoms with Crippen molar-refractivity contribution in [2.24, 2.45) is 0 Å². The number of thiazole rings is 1. The third kappa shape index (κ3) is 2.87. The maximum absolute atomic E-state index is 12.8. The van der Waals surface area contributed by atoms with Crippen LogP contribution in [-0.2, 0) is 13.1 Å². The summed E-state index contributed by atoms with van der Waals surface area (Å²) >= 11 is 7.55. The van der Waals surface area contributed by atoms with Crippen molar-refractivity contribution in [3.63, 3.8) is 0 Å². The summed E-state index contributed by atoms with van der Waals surface area (Å²) in [5, 5.41) is 10.2. The highest BCUT2D eigenvalue weighted by molar-refractivity contribution is 7.21. The van der Waals surface area contributed by atoms with Crippen molar-refractivity contribution in [3.05, 3.63) is 64.4 Å². The van der Waals surface area contributed by atoms with E-state index in [9.17, 15) is 4.79 Å². The number of carbonyl (C=O) groups excluding carboxylic acids is 1. The number of carbonyl (C=O) groups is 1. The molecule has 0 N–H and O–H groups in total. The topological polar surface area (TPSA) is 63.9 Å². The first kappa shape index (κ1) is 17.3. The van der Waals surface area contributed by atoms with Crippen molar-refractivity contribution in [1.82, 2.24) is 24.6 Å². The second kappa shape index (κ2) is 6.68. The smallest absolute Gasteiger partial charge is 0.254 e. The van der Waals surface area contributed by atoms with Crippen LogP contribution in [-0.4, -0.2) is 37.1 Å². The Morgan fingerprint density at radius 1 is 1.11 bits per heavy atom. The normalized spacial score (nSPS) is 13.7. The minimum absolute atomic E-state index is 0.0249. The zero-order valence-electron chi connectivity index (χ0n) is 15.1. The number of amides is 1. The Morgan fingerprint density at radius 2 is 1.93 bits per heavy atom. The molecule has 3 heterocycles. The summed E-state index contributed by atoms with van der Waals surface area (Å²) in [6.07, 6.45) is 0. The lowest BCUT2D eigenvalue weighted by atomic mass is 10.2. The molecule has 2 aromatic carbocycles. The molecule has 5 rings (SSSR count). The lowest BCUT2D eigenvalue weighted by Gasteiger charge is -2.27. The number of aromatic nitrogens is 4. The molecule has 1 amide bonds.